The van der Waals surface area contributed by atoms with Gasteiger partial charge in [0, 0.05) is 18.0 Å². The highest BCUT2D eigenvalue weighted by Crippen LogP contribution is 2.25. The molecule has 0 saturated carbocycles. The Balaban J connectivity index is 1.45. The SMILES string of the molecule is Cc1nc(-c2ncccn2)sc1C(=O)NCc1noc(-c2cccc(F)c2)n1. The largest absolute Gasteiger partial charge is 0.344 e. The fourth-order valence-corrected chi connectivity index (χ4v) is 3.35. The summed E-state index contributed by atoms with van der Waals surface area (Å²) in [6.07, 6.45) is 3.23. The Hall–Kier alpha value is -3.53. The Morgan fingerprint density at radius 1 is 1.21 bits per heavy atom. The molecule has 0 aliphatic heterocycles. The molecule has 140 valence electrons. The summed E-state index contributed by atoms with van der Waals surface area (Å²) < 4.78 is 18.4. The van der Waals surface area contributed by atoms with E-state index in [2.05, 4.69) is 30.4 Å². The molecule has 3 heterocycles. The third-order valence-corrected chi connectivity index (χ3v) is 4.86. The van der Waals surface area contributed by atoms with Gasteiger partial charge < -0.3 is 9.84 Å². The highest BCUT2D eigenvalue weighted by molar-refractivity contribution is 7.17. The number of hydrogen-bond acceptors (Lipinski definition) is 8. The Morgan fingerprint density at radius 3 is 2.82 bits per heavy atom. The lowest BCUT2D eigenvalue weighted by Crippen LogP contribution is -2.23. The standard InChI is InChI=1S/C18H13FN6O2S/c1-10-14(28-18(23-10)15-20-6-3-7-21-15)16(26)22-9-13-24-17(27-25-13)11-4-2-5-12(19)8-11/h2-8H,9H2,1H3,(H,22,26). The van der Waals surface area contributed by atoms with Crippen molar-refractivity contribution >= 4 is 17.2 Å². The maximum absolute atomic E-state index is 13.3. The van der Waals surface area contributed by atoms with E-state index in [0.29, 0.717) is 27.0 Å². The average molecular weight is 396 g/mol. The van der Waals surface area contributed by atoms with Crippen molar-refractivity contribution in [1.82, 2.24) is 30.4 Å². The minimum atomic E-state index is -0.399. The van der Waals surface area contributed by atoms with Crippen molar-refractivity contribution in [3.8, 4) is 22.3 Å². The van der Waals surface area contributed by atoms with E-state index in [9.17, 15) is 9.18 Å². The van der Waals surface area contributed by atoms with E-state index < -0.39 is 5.82 Å². The number of hydrogen-bond donors (Lipinski definition) is 1. The fraction of sp³-hybridized carbons (Fsp3) is 0.111. The van der Waals surface area contributed by atoms with Crippen LogP contribution in [-0.4, -0.2) is 31.0 Å². The van der Waals surface area contributed by atoms with E-state index in [-0.39, 0.29) is 24.2 Å². The second-order valence-corrected chi connectivity index (χ2v) is 6.71. The van der Waals surface area contributed by atoms with Gasteiger partial charge in [0.05, 0.1) is 12.2 Å². The number of halogens is 1. The number of carbonyl (C=O) groups excluding carboxylic acids is 1. The van der Waals surface area contributed by atoms with Gasteiger partial charge in [-0.2, -0.15) is 4.98 Å². The summed E-state index contributed by atoms with van der Waals surface area (Å²) in [5.74, 6) is 0.217. The lowest BCUT2D eigenvalue weighted by Gasteiger charge is -1.99. The summed E-state index contributed by atoms with van der Waals surface area (Å²) in [6.45, 7) is 1.81. The molecule has 4 rings (SSSR count). The zero-order valence-electron chi connectivity index (χ0n) is 14.6. The van der Waals surface area contributed by atoms with Crippen LogP contribution in [0.3, 0.4) is 0 Å². The minimum absolute atomic E-state index is 0.0617. The Morgan fingerprint density at radius 2 is 2.04 bits per heavy atom. The molecule has 1 aromatic carbocycles. The number of nitrogens with one attached hydrogen (secondary N) is 1. The molecule has 0 saturated heterocycles. The maximum atomic E-state index is 13.3. The molecule has 1 N–H and O–H groups in total. The summed E-state index contributed by atoms with van der Waals surface area (Å²) in [7, 11) is 0. The third-order valence-electron chi connectivity index (χ3n) is 3.71. The van der Waals surface area contributed by atoms with Crippen molar-refractivity contribution < 1.29 is 13.7 Å². The molecule has 3 aromatic heterocycles. The fourth-order valence-electron chi connectivity index (χ4n) is 2.42. The predicted molar refractivity (Wildman–Crippen MR) is 98.7 cm³/mol. The van der Waals surface area contributed by atoms with Crippen molar-refractivity contribution in [2.75, 3.05) is 0 Å². The number of amides is 1. The van der Waals surface area contributed by atoms with Crippen LogP contribution in [0.1, 0.15) is 21.2 Å². The monoisotopic (exact) mass is 396 g/mol. The normalized spacial score (nSPS) is 10.8. The molecule has 0 radical (unpaired) electrons. The lowest BCUT2D eigenvalue weighted by molar-refractivity contribution is 0.0953. The Kier molecular flexibility index (Phi) is 4.85. The number of rotatable bonds is 5. The van der Waals surface area contributed by atoms with Crippen LogP contribution in [0.4, 0.5) is 4.39 Å². The van der Waals surface area contributed by atoms with Crippen LogP contribution in [0.2, 0.25) is 0 Å². The van der Waals surface area contributed by atoms with Gasteiger partial charge in [-0.1, -0.05) is 11.2 Å². The molecular weight excluding hydrogens is 383 g/mol. The van der Waals surface area contributed by atoms with E-state index in [0.717, 1.165) is 0 Å². The van der Waals surface area contributed by atoms with Crippen molar-refractivity contribution in [2.45, 2.75) is 13.5 Å². The average Bonchev–Trinajstić information content (AvgIpc) is 3.34. The van der Waals surface area contributed by atoms with E-state index in [1.54, 1.807) is 37.5 Å². The van der Waals surface area contributed by atoms with Gasteiger partial charge in [-0.15, -0.1) is 11.3 Å². The van der Waals surface area contributed by atoms with Gasteiger partial charge in [-0.25, -0.2) is 19.3 Å². The van der Waals surface area contributed by atoms with Gasteiger partial charge >= 0.3 is 0 Å². The first-order chi connectivity index (χ1) is 13.6. The van der Waals surface area contributed by atoms with E-state index in [1.807, 2.05) is 0 Å². The van der Waals surface area contributed by atoms with Gasteiger partial charge in [0.25, 0.3) is 11.8 Å². The smallest absolute Gasteiger partial charge is 0.263 e. The summed E-state index contributed by atoms with van der Waals surface area (Å²) in [5.41, 5.74) is 1.05. The van der Waals surface area contributed by atoms with Crippen LogP contribution in [-0.2, 0) is 6.54 Å². The Bertz CT molecular complexity index is 1130. The van der Waals surface area contributed by atoms with Gasteiger partial charge in [0.15, 0.2) is 16.7 Å². The van der Waals surface area contributed by atoms with Gasteiger partial charge in [-0.05, 0) is 31.2 Å². The van der Waals surface area contributed by atoms with E-state index in [4.69, 9.17) is 4.52 Å². The highest BCUT2D eigenvalue weighted by Gasteiger charge is 2.18. The van der Waals surface area contributed by atoms with Crippen LogP contribution in [0.25, 0.3) is 22.3 Å². The number of nitrogens with zero attached hydrogens (tertiary/aromatic N) is 5. The second kappa shape index (κ2) is 7.61. The first-order valence-corrected chi connectivity index (χ1v) is 9.03. The molecule has 10 heteroatoms. The molecule has 28 heavy (non-hydrogen) atoms. The van der Waals surface area contributed by atoms with Crippen molar-refractivity contribution in [2.24, 2.45) is 0 Å². The number of carbonyl (C=O) groups is 1. The topological polar surface area (TPSA) is 107 Å². The summed E-state index contributed by atoms with van der Waals surface area (Å²) in [4.78, 5) is 29.8. The van der Waals surface area contributed by atoms with E-state index >= 15 is 0 Å². The quantitative estimate of drug-likeness (QED) is 0.552. The predicted octanol–water partition coefficient (Wildman–Crippen LogP) is 3.03. The molecule has 1 amide bonds. The number of thiazole rings is 1. The van der Waals surface area contributed by atoms with E-state index in [1.165, 1.54) is 23.5 Å². The third kappa shape index (κ3) is 3.76. The molecule has 0 aliphatic rings. The van der Waals surface area contributed by atoms with Crippen molar-refractivity contribution in [3.05, 3.63) is 64.9 Å². The van der Waals surface area contributed by atoms with Crippen molar-refractivity contribution in [1.29, 1.82) is 0 Å². The minimum Gasteiger partial charge on any atom is -0.344 e. The van der Waals surface area contributed by atoms with Gasteiger partial charge in [0.2, 0.25) is 0 Å². The Labute approximate surface area is 162 Å². The molecular formula is C18H13FN6O2S. The van der Waals surface area contributed by atoms with Crippen LogP contribution < -0.4 is 5.32 Å². The first kappa shape index (κ1) is 17.9. The number of aryl methyl sites for hydroxylation is 1. The molecule has 0 aliphatic carbocycles. The van der Waals surface area contributed by atoms with Gasteiger partial charge in [0.1, 0.15) is 10.7 Å². The van der Waals surface area contributed by atoms with Crippen LogP contribution in [0.15, 0.2) is 47.2 Å². The number of aromatic nitrogens is 5. The van der Waals surface area contributed by atoms with Crippen LogP contribution in [0.5, 0.6) is 0 Å². The highest BCUT2D eigenvalue weighted by atomic mass is 32.1. The first-order valence-electron chi connectivity index (χ1n) is 8.21. The molecule has 8 nitrogen and oxygen atoms in total. The number of benzene rings is 1. The maximum Gasteiger partial charge on any atom is 0.263 e. The molecule has 0 unspecified atom stereocenters. The van der Waals surface area contributed by atoms with Crippen LogP contribution >= 0.6 is 11.3 Å². The summed E-state index contributed by atoms with van der Waals surface area (Å²) in [6, 6.07) is 7.54. The summed E-state index contributed by atoms with van der Waals surface area (Å²) >= 11 is 1.21. The summed E-state index contributed by atoms with van der Waals surface area (Å²) in [5, 5.41) is 7.10. The molecule has 0 fully saturated rings. The van der Waals surface area contributed by atoms with Crippen molar-refractivity contribution in [3.63, 3.8) is 0 Å². The lowest BCUT2D eigenvalue weighted by atomic mass is 10.2. The zero-order chi connectivity index (χ0) is 19.5. The molecule has 4 aromatic rings. The second-order valence-electron chi connectivity index (χ2n) is 5.71. The van der Waals surface area contributed by atoms with Crippen LogP contribution in [0, 0.1) is 12.7 Å². The zero-order valence-corrected chi connectivity index (χ0v) is 15.4. The molecule has 0 bridgehead atoms. The molecule has 0 spiro atoms. The van der Waals surface area contributed by atoms with Gasteiger partial charge in [-0.3, -0.25) is 4.79 Å². The molecule has 0 atom stereocenters.